The molecule has 7 N–H and O–H groups in total. The molecule has 0 bridgehead atoms. The molecule has 21 heavy (non-hydrogen) atoms. The molecule has 4 aromatic rings. The van der Waals surface area contributed by atoms with Gasteiger partial charge in [0.25, 0.3) is 5.56 Å². The van der Waals surface area contributed by atoms with Gasteiger partial charge in [0.15, 0.2) is 16.8 Å². The summed E-state index contributed by atoms with van der Waals surface area (Å²) >= 11 is 0. The topological polar surface area (TPSA) is 168 Å². The quantitative estimate of drug-likeness (QED) is 0.297. The Kier molecular flexibility index (Phi) is 2.95. The van der Waals surface area contributed by atoms with Gasteiger partial charge >= 0.3 is 0 Å². The van der Waals surface area contributed by atoms with E-state index in [-0.39, 0.29) is 11.5 Å². The monoisotopic (exact) mass is 285 g/mol. The highest BCUT2D eigenvalue weighted by Gasteiger charge is 2.01. The molecule has 0 aliphatic rings. The minimum atomic E-state index is -0.301. The number of H-pyrrole nitrogens is 3. The van der Waals surface area contributed by atoms with Gasteiger partial charge in [0.2, 0.25) is 5.95 Å². The Morgan fingerprint density at radius 2 is 1.67 bits per heavy atom. The molecular formula is C11H11N9O. The number of pyridine rings is 1. The summed E-state index contributed by atoms with van der Waals surface area (Å²) in [5, 5.41) is 0. The molecule has 0 unspecified atom stereocenters. The average molecular weight is 285 g/mol. The standard InChI is InChI=1S/C6H6N4.C5H5N5O/c7-4-1-2-8-6-5(4)9-3-10-6;6-5-9-3-2(4(11)10-5)7-1-8-3/h1-3H,(H3,7,8,9,10);1H,(H4,6,7,8,9,10,11). The van der Waals surface area contributed by atoms with Crippen molar-refractivity contribution >= 4 is 34.0 Å². The zero-order valence-corrected chi connectivity index (χ0v) is 10.7. The summed E-state index contributed by atoms with van der Waals surface area (Å²) in [4.78, 5) is 34.3. The zero-order chi connectivity index (χ0) is 14.8. The maximum absolute atomic E-state index is 11.0. The van der Waals surface area contributed by atoms with Crippen LogP contribution in [0.15, 0.2) is 29.7 Å². The van der Waals surface area contributed by atoms with Crippen LogP contribution in [0.3, 0.4) is 0 Å². The maximum atomic E-state index is 11.0. The lowest BCUT2D eigenvalue weighted by Crippen LogP contribution is -2.10. The Bertz CT molecular complexity index is 951. The number of hydrogen-bond acceptors (Lipinski definition) is 7. The van der Waals surface area contributed by atoms with Crippen LogP contribution in [0.2, 0.25) is 0 Å². The second kappa shape index (κ2) is 4.92. The Hall–Kier alpha value is -3.43. The van der Waals surface area contributed by atoms with Gasteiger partial charge in [0, 0.05) is 6.20 Å². The number of rotatable bonds is 0. The third kappa shape index (κ3) is 2.36. The number of fused-ring (bicyclic) bond motifs is 2. The van der Waals surface area contributed by atoms with E-state index in [1.807, 2.05) is 0 Å². The van der Waals surface area contributed by atoms with Crippen LogP contribution in [0.5, 0.6) is 0 Å². The molecule has 0 aromatic carbocycles. The van der Waals surface area contributed by atoms with E-state index in [0.717, 1.165) is 5.52 Å². The van der Waals surface area contributed by atoms with Crippen molar-refractivity contribution in [3.63, 3.8) is 0 Å². The SMILES string of the molecule is Nc1ccnc2nc[nH]c12.Nc1nc2nc[nH]c2c(=O)[nH]1. The van der Waals surface area contributed by atoms with Gasteiger partial charge in [0.05, 0.1) is 18.3 Å². The van der Waals surface area contributed by atoms with Gasteiger partial charge in [-0.1, -0.05) is 0 Å². The molecule has 0 saturated carbocycles. The van der Waals surface area contributed by atoms with Gasteiger partial charge in [-0.2, -0.15) is 4.98 Å². The van der Waals surface area contributed by atoms with Gasteiger partial charge in [-0.15, -0.1) is 0 Å². The first-order chi connectivity index (χ1) is 10.1. The molecule has 0 aliphatic heterocycles. The largest absolute Gasteiger partial charge is 0.397 e. The first kappa shape index (κ1) is 12.6. The molecule has 0 atom stereocenters. The molecule has 4 aromatic heterocycles. The van der Waals surface area contributed by atoms with Crippen molar-refractivity contribution in [3.8, 4) is 0 Å². The van der Waals surface area contributed by atoms with E-state index < -0.39 is 0 Å². The molecule has 10 nitrogen and oxygen atoms in total. The highest BCUT2D eigenvalue weighted by molar-refractivity contribution is 5.82. The Labute approximate surface area is 116 Å². The minimum Gasteiger partial charge on any atom is -0.397 e. The molecule has 106 valence electrons. The highest BCUT2D eigenvalue weighted by atomic mass is 16.1. The summed E-state index contributed by atoms with van der Waals surface area (Å²) in [5.41, 5.74) is 13.4. The lowest BCUT2D eigenvalue weighted by atomic mass is 10.4. The van der Waals surface area contributed by atoms with Crippen molar-refractivity contribution in [2.24, 2.45) is 0 Å². The van der Waals surface area contributed by atoms with Crippen LogP contribution in [0.4, 0.5) is 11.6 Å². The summed E-state index contributed by atoms with van der Waals surface area (Å²) in [6, 6.07) is 1.74. The summed E-state index contributed by atoms with van der Waals surface area (Å²) in [6.07, 6.45) is 4.61. The molecule has 0 radical (unpaired) electrons. The average Bonchev–Trinajstić information content (AvgIpc) is 3.08. The first-order valence-electron chi connectivity index (χ1n) is 5.87. The summed E-state index contributed by atoms with van der Waals surface area (Å²) in [6.45, 7) is 0. The third-order valence-electron chi connectivity index (χ3n) is 2.67. The zero-order valence-electron chi connectivity index (χ0n) is 10.7. The van der Waals surface area contributed by atoms with Crippen LogP contribution in [0, 0.1) is 0 Å². The van der Waals surface area contributed by atoms with E-state index in [0.29, 0.717) is 22.5 Å². The van der Waals surface area contributed by atoms with Gasteiger partial charge in [0.1, 0.15) is 5.52 Å². The second-order valence-electron chi connectivity index (χ2n) is 4.05. The van der Waals surface area contributed by atoms with Crippen molar-refractivity contribution in [3.05, 3.63) is 35.3 Å². The molecule has 0 aliphatic carbocycles. The number of nitrogen functional groups attached to an aromatic ring is 2. The van der Waals surface area contributed by atoms with Crippen molar-refractivity contribution in [1.29, 1.82) is 0 Å². The maximum Gasteiger partial charge on any atom is 0.278 e. The predicted molar refractivity (Wildman–Crippen MR) is 77.2 cm³/mol. The Balaban J connectivity index is 0.000000126. The number of imidazole rings is 2. The Morgan fingerprint density at radius 3 is 2.43 bits per heavy atom. The van der Waals surface area contributed by atoms with Crippen LogP contribution in [0.25, 0.3) is 22.3 Å². The molecule has 0 fully saturated rings. The van der Waals surface area contributed by atoms with E-state index in [4.69, 9.17) is 11.5 Å². The molecule has 10 heteroatoms. The van der Waals surface area contributed by atoms with Gasteiger partial charge in [-0.05, 0) is 6.07 Å². The molecule has 0 saturated heterocycles. The van der Waals surface area contributed by atoms with Crippen LogP contribution in [-0.2, 0) is 0 Å². The summed E-state index contributed by atoms with van der Waals surface area (Å²) in [5.74, 6) is 0.0783. The van der Waals surface area contributed by atoms with Gasteiger partial charge in [-0.3, -0.25) is 9.78 Å². The van der Waals surface area contributed by atoms with E-state index >= 15 is 0 Å². The normalized spacial score (nSPS) is 10.5. The first-order valence-corrected chi connectivity index (χ1v) is 5.87. The van der Waals surface area contributed by atoms with Gasteiger partial charge in [-0.25, -0.2) is 15.0 Å². The third-order valence-corrected chi connectivity index (χ3v) is 2.67. The van der Waals surface area contributed by atoms with E-state index in [1.165, 1.54) is 6.33 Å². The Morgan fingerprint density at radius 1 is 0.952 bits per heavy atom. The lowest BCUT2D eigenvalue weighted by Gasteiger charge is -1.90. The fourth-order valence-corrected chi connectivity index (χ4v) is 1.73. The fourth-order valence-electron chi connectivity index (χ4n) is 1.73. The van der Waals surface area contributed by atoms with Crippen LogP contribution in [-0.4, -0.2) is 34.9 Å². The van der Waals surface area contributed by atoms with Crippen LogP contribution in [0.1, 0.15) is 0 Å². The molecule has 4 rings (SSSR count). The number of nitrogens with zero attached hydrogens (tertiary/aromatic N) is 4. The lowest BCUT2D eigenvalue weighted by molar-refractivity contribution is 1.17. The molecular weight excluding hydrogens is 274 g/mol. The smallest absolute Gasteiger partial charge is 0.278 e. The van der Waals surface area contributed by atoms with Crippen molar-refractivity contribution < 1.29 is 0 Å². The minimum absolute atomic E-state index is 0.0783. The summed E-state index contributed by atoms with van der Waals surface area (Å²) in [7, 11) is 0. The number of aromatic amines is 3. The number of nitrogens with one attached hydrogen (secondary N) is 3. The number of anilines is 2. The van der Waals surface area contributed by atoms with E-state index in [2.05, 4.69) is 34.9 Å². The van der Waals surface area contributed by atoms with E-state index in [9.17, 15) is 4.79 Å². The molecule has 0 amide bonds. The van der Waals surface area contributed by atoms with Crippen molar-refractivity contribution in [2.75, 3.05) is 11.5 Å². The number of nitrogens with two attached hydrogens (primary N) is 2. The molecule has 0 spiro atoms. The predicted octanol–water partition coefficient (Wildman–Crippen LogP) is -0.232. The number of hydrogen-bond donors (Lipinski definition) is 5. The number of aromatic nitrogens is 7. The molecule has 4 heterocycles. The van der Waals surface area contributed by atoms with Crippen molar-refractivity contribution in [1.82, 2.24) is 34.9 Å². The van der Waals surface area contributed by atoms with E-state index in [1.54, 1.807) is 18.6 Å². The van der Waals surface area contributed by atoms with Crippen molar-refractivity contribution in [2.45, 2.75) is 0 Å². The highest BCUT2D eigenvalue weighted by Crippen LogP contribution is 2.12. The summed E-state index contributed by atoms with van der Waals surface area (Å²) < 4.78 is 0. The second-order valence-corrected chi connectivity index (χ2v) is 4.05. The van der Waals surface area contributed by atoms with Gasteiger partial charge < -0.3 is 21.4 Å². The van der Waals surface area contributed by atoms with Crippen LogP contribution >= 0.6 is 0 Å². The van der Waals surface area contributed by atoms with Crippen LogP contribution < -0.4 is 17.0 Å². The fraction of sp³-hybridized carbons (Fsp3) is 0.